The highest BCUT2D eigenvalue weighted by atomic mass is 16.6. The molecule has 3 rings (SSSR count). The first-order valence-electron chi connectivity index (χ1n) is 9.72. The van der Waals surface area contributed by atoms with E-state index in [4.69, 9.17) is 4.74 Å². The number of piperidine rings is 1. The summed E-state index contributed by atoms with van der Waals surface area (Å²) in [5.41, 5.74) is 0.361. The number of nitro groups is 1. The fraction of sp³-hybridized carbons (Fsp3) is 0.450. The largest absolute Gasteiger partial charge is 0.444 e. The SMILES string of the molecule is CC(C)(C)OC(=O)NC1CCN(C(=O)c2ccn(-c3ccc([N+](=O)[O-])cc3)n2)CC1. The smallest absolute Gasteiger partial charge is 0.407 e. The first-order chi connectivity index (χ1) is 14.1. The molecule has 1 aliphatic heterocycles. The Morgan fingerprint density at radius 3 is 2.37 bits per heavy atom. The van der Waals surface area contributed by atoms with Gasteiger partial charge < -0.3 is 15.0 Å². The third-order valence-electron chi connectivity index (χ3n) is 4.64. The Morgan fingerprint density at radius 2 is 1.80 bits per heavy atom. The van der Waals surface area contributed by atoms with Crippen LogP contribution in [0.2, 0.25) is 0 Å². The van der Waals surface area contributed by atoms with Crippen molar-refractivity contribution in [3.63, 3.8) is 0 Å². The number of nitrogens with one attached hydrogen (secondary N) is 1. The topological polar surface area (TPSA) is 120 Å². The lowest BCUT2D eigenvalue weighted by Gasteiger charge is -2.32. The number of amides is 2. The number of benzene rings is 1. The molecule has 0 aliphatic carbocycles. The van der Waals surface area contributed by atoms with E-state index in [0.29, 0.717) is 37.3 Å². The molecule has 0 bridgehead atoms. The normalized spacial score (nSPS) is 15.0. The molecule has 2 heterocycles. The maximum absolute atomic E-state index is 12.8. The number of rotatable bonds is 4. The predicted octanol–water partition coefficient (Wildman–Crippen LogP) is 2.91. The van der Waals surface area contributed by atoms with Gasteiger partial charge in [0.25, 0.3) is 11.6 Å². The van der Waals surface area contributed by atoms with Gasteiger partial charge in [0.05, 0.1) is 10.6 Å². The van der Waals surface area contributed by atoms with Crippen LogP contribution < -0.4 is 5.32 Å². The third-order valence-corrected chi connectivity index (χ3v) is 4.64. The van der Waals surface area contributed by atoms with E-state index in [-0.39, 0.29) is 17.6 Å². The van der Waals surface area contributed by atoms with E-state index >= 15 is 0 Å². The van der Waals surface area contributed by atoms with Gasteiger partial charge in [0.1, 0.15) is 5.60 Å². The van der Waals surface area contributed by atoms with Crippen molar-refractivity contribution >= 4 is 17.7 Å². The lowest BCUT2D eigenvalue weighted by Crippen LogP contribution is -2.47. The maximum Gasteiger partial charge on any atom is 0.407 e. The van der Waals surface area contributed by atoms with Crippen LogP contribution in [-0.4, -0.2) is 56.3 Å². The fourth-order valence-electron chi connectivity index (χ4n) is 3.17. The van der Waals surface area contributed by atoms with Crippen molar-refractivity contribution in [1.82, 2.24) is 20.0 Å². The van der Waals surface area contributed by atoms with Crippen molar-refractivity contribution in [3.05, 3.63) is 52.3 Å². The second kappa shape index (κ2) is 8.52. The molecule has 0 unspecified atom stereocenters. The lowest BCUT2D eigenvalue weighted by atomic mass is 10.0. The molecule has 160 valence electrons. The third kappa shape index (κ3) is 5.34. The summed E-state index contributed by atoms with van der Waals surface area (Å²) >= 11 is 0. The van der Waals surface area contributed by atoms with E-state index in [2.05, 4.69) is 10.4 Å². The molecule has 0 radical (unpaired) electrons. The Hall–Kier alpha value is -3.43. The molecule has 1 saturated heterocycles. The molecule has 1 N–H and O–H groups in total. The highest BCUT2D eigenvalue weighted by Crippen LogP contribution is 2.17. The van der Waals surface area contributed by atoms with E-state index in [1.807, 2.05) is 20.8 Å². The van der Waals surface area contributed by atoms with E-state index in [1.54, 1.807) is 29.3 Å². The van der Waals surface area contributed by atoms with Gasteiger partial charge in [-0.05, 0) is 51.8 Å². The molecule has 0 spiro atoms. The van der Waals surface area contributed by atoms with Gasteiger partial charge >= 0.3 is 6.09 Å². The maximum atomic E-state index is 12.8. The Bertz CT molecular complexity index is 924. The molecular weight excluding hydrogens is 390 g/mol. The van der Waals surface area contributed by atoms with Crippen molar-refractivity contribution in [2.45, 2.75) is 45.3 Å². The minimum atomic E-state index is -0.552. The predicted molar refractivity (Wildman–Crippen MR) is 109 cm³/mol. The van der Waals surface area contributed by atoms with Crippen LogP contribution in [0.1, 0.15) is 44.1 Å². The quantitative estimate of drug-likeness (QED) is 0.606. The van der Waals surface area contributed by atoms with Crippen LogP contribution in [0.15, 0.2) is 36.5 Å². The molecule has 0 saturated carbocycles. The number of likely N-dealkylation sites (tertiary alicyclic amines) is 1. The van der Waals surface area contributed by atoms with Crippen molar-refractivity contribution in [2.75, 3.05) is 13.1 Å². The second-order valence-corrected chi connectivity index (χ2v) is 8.13. The number of ether oxygens (including phenoxy) is 1. The van der Waals surface area contributed by atoms with Gasteiger partial charge in [-0.25, -0.2) is 9.48 Å². The van der Waals surface area contributed by atoms with Gasteiger partial charge in [0.2, 0.25) is 0 Å². The van der Waals surface area contributed by atoms with Crippen LogP contribution in [0.25, 0.3) is 5.69 Å². The lowest BCUT2D eigenvalue weighted by molar-refractivity contribution is -0.384. The molecular formula is C20H25N5O5. The Morgan fingerprint density at radius 1 is 1.17 bits per heavy atom. The van der Waals surface area contributed by atoms with Gasteiger partial charge in [-0.2, -0.15) is 5.10 Å². The minimum Gasteiger partial charge on any atom is -0.444 e. The first kappa shape index (κ1) is 21.3. The molecule has 1 fully saturated rings. The molecule has 1 aromatic carbocycles. The summed E-state index contributed by atoms with van der Waals surface area (Å²) < 4.78 is 6.78. The van der Waals surface area contributed by atoms with Gasteiger partial charge in [0.15, 0.2) is 5.69 Å². The standard InChI is InChI=1S/C20H25N5O5/c1-20(2,3)30-19(27)21-14-8-11-23(12-9-14)18(26)17-10-13-24(22-17)15-4-6-16(7-5-15)25(28)29/h4-7,10,13-14H,8-9,11-12H2,1-3H3,(H,21,27). The Balaban J connectivity index is 1.56. The summed E-state index contributed by atoms with van der Waals surface area (Å²) in [4.78, 5) is 36.6. The molecule has 1 aromatic heterocycles. The summed E-state index contributed by atoms with van der Waals surface area (Å²) in [6, 6.07) is 7.51. The summed E-state index contributed by atoms with van der Waals surface area (Å²) in [6.07, 6.45) is 2.46. The van der Waals surface area contributed by atoms with Gasteiger partial charge in [-0.3, -0.25) is 14.9 Å². The summed E-state index contributed by atoms with van der Waals surface area (Å²) in [7, 11) is 0. The number of non-ortho nitro benzene ring substituents is 1. The number of alkyl carbamates (subject to hydrolysis) is 1. The zero-order valence-electron chi connectivity index (χ0n) is 17.2. The number of carbonyl (C=O) groups excluding carboxylic acids is 2. The minimum absolute atomic E-state index is 0.00920. The molecule has 1 aliphatic rings. The molecule has 2 amide bonds. The highest BCUT2D eigenvalue weighted by molar-refractivity contribution is 5.92. The first-order valence-corrected chi connectivity index (χ1v) is 9.72. The Kier molecular flexibility index (Phi) is 6.04. The van der Waals surface area contributed by atoms with Crippen molar-refractivity contribution < 1.29 is 19.2 Å². The van der Waals surface area contributed by atoms with Gasteiger partial charge in [-0.1, -0.05) is 0 Å². The molecule has 10 heteroatoms. The Labute approximate surface area is 174 Å². The number of hydrogen-bond acceptors (Lipinski definition) is 6. The number of nitrogens with zero attached hydrogens (tertiary/aromatic N) is 4. The number of hydrogen-bond donors (Lipinski definition) is 1. The van der Waals surface area contributed by atoms with Crippen molar-refractivity contribution in [3.8, 4) is 5.69 Å². The molecule has 2 aromatic rings. The van der Waals surface area contributed by atoms with E-state index in [9.17, 15) is 19.7 Å². The second-order valence-electron chi connectivity index (χ2n) is 8.13. The fourth-order valence-corrected chi connectivity index (χ4v) is 3.17. The van der Waals surface area contributed by atoms with Crippen LogP contribution in [0, 0.1) is 10.1 Å². The summed E-state index contributed by atoms with van der Waals surface area (Å²) in [5.74, 6) is -0.189. The van der Waals surface area contributed by atoms with Crippen molar-refractivity contribution in [1.29, 1.82) is 0 Å². The molecule has 30 heavy (non-hydrogen) atoms. The van der Waals surface area contributed by atoms with Crippen LogP contribution in [-0.2, 0) is 4.74 Å². The van der Waals surface area contributed by atoms with Crippen LogP contribution >= 0.6 is 0 Å². The van der Waals surface area contributed by atoms with E-state index < -0.39 is 16.6 Å². The number of nitro benzene ring substituents is 1. The molecule has 0 atom stereocenters. The van der Waals surface area contributed by atoms with E-state index in [0.717, 1.165) is 0 Å². The number of aromatic nitrogens is 2. The average molecular weight is 415 g/mol. The van der Waals surface area contributed by atoms with Crippen LogP contribution in [0.4, 0.5) is 10.5 Å². The van der Waals surface area contributed by atoms with Crippen LogP contribution in [0.3, 0.4) is 0 Å². The monoisotopic (exact) mass is 415 g/mol. The van der Waals surface area contributed by atoms with Gasteiger partial charge in [0, 0.05) is 37.5 Å². The van der Waals surface area contributed by atoms with Crippen molar-refractivity contribution in [2.24, 2.45) is 0 Å². The van der Waals surface area contributed by atoms with Gasteiger partial charge in [-0.15, -0.1) is 0 Å². The number of carbonyl (C=O) groups is 2. The zero-order chi connectivity index (χ0) is 21.9. The molecule has 10 nitrogen and oxygen atoms in total. The average Bonchev–Trinajstić information content (AvgIpc) is 3.17. The highest BCUT2D eigenvalue weighted by Gasteiger charge is 2.27. The summed E-state index contributed by atoms with van der Waals surface area (Å²) in [5, 5.41) is 17.9. The summed E-state index contributed by atoms with van der Waals surface area (Å²) in [6.45, 7) is 6.43. The van der Waals surface area contributed by atoms with E-state index in [1.165, 1.54) is 16.8 Å². The van der Waals surface area contributed by atoms with Crippen LogP contribution in [0.5, 0.6) is 0 Å². The zero-order valence-corrected chi connectivity index (χ0v) is 17.2.